The quantitative estimate of drug-likeness (QED) is 0.462. The fourth-order valence-corrected chi connectivity index (χ4v) is 0.974. The summed E-state index contributed by atoms with van der Waals surface area (Å²) >= 11 is 0. The van der Waals surface area contributed by atoms with Gasteiger partial charge in [-0.05, 0) is 12.5 Å². The summed E-state index contributed by atoms with van der Waals surface area (Å²) in [6, 6.07) is 0.377. The van der Waals surface area contributed by atoms with E-state index in [0.717, 1.165) is 6.42 Å². The monoisotopic (exact) mass is 157 g/mol. The molecule has 0 bridgehead atoms. The molecular weight excluding hydrogens is 141 g/mol. The van der Waals surface area contributed by atoms with Crippen molar-refractivity contribution < 1.29 is 10.3 Å². The number of carbonyl (C=O) groups is 1. The highest BCUT2D eigenvalue weighted by atomic mass is 16.1. The minimum absolute atomic E-state index is 0. The SMILES string of the molecule is C.O.[B]N1CC(=O)CCC1C. The molecular formula is C7H16BNO2. The number of ketones is 1. The van der Waals surface area contributed by atoms with Crippen LogP contribution in [0.3, 0.4) is 0 Å². The van der Waals surface area contributed by atoms with Gasteiger partial charge in [0.1, 0.15) is 5.78 Å². The largest absolute Gasteiger partial charge is 0.412 e. The first-order valence-electron chi connectivity index (χ1n) is 3.23. The Hall–Kier alpha value is -0.345. The lowest BCUT2D eigenvalue weighted by molar-refractivity contribution is -0.121. The highest BCUT2D eigenvalue weighted by Gasteiger charge is 2.18. The Bertz CT molecular complexity index is 130. The van der Waals surface area contributed by atoms with E-state index in [-0.39, 0.29) is 18.7 Å². The first-order valence-corrected chi connectivity index (χ1v) is 3.23. The van der Waals surface area contributed by atoms with Crippen molar-refractivity contribution in [3.8, 4) is 0 Å². The van der Waals surface area contributed by atoms with Crippen LogP contribution in [-0.4, -0.2) is 36.6 Å². The number of piperidine rings is 1. The first kappa shape index (κ1) is 13.3. The molecule has 0 saturated carbocycles. The maximum Gasteiger partial charge on any atom is 0.183 e. The summed E-state index contributed by atoms with van der Waals surface area (Å²) in [6.45, 7) is 2.47. The molecule has 1 aliphatic heterocycles. The second kappa shape index (κ2) is 5.32. The minimum Gasteiger partial charge on any atom is -0.412 e. The number of carbonyl (C=O) groups excluding carboxylic acids is 1. The van der Waals surface area contributed by atoms with E-state index in [1.807, 2.05) is 6.92 Å². The van der Waals surface area contributed by atoms with Crippen LogP contribution in [0.4, 0.5) is 0 Å². The van der Waals surface area contributed by atoms with Crippen LogP contribution in [0.5, 0.6) is 0 Å². The summed E-state index contributed by atoms with van der Waals surface area (Å²) in [5, 5.41) is 0. The van der Waals surface area contributed by atoms with Gasteiger partial charge < -0.3 is 10.3 Å². The van der Waals surface area contributed by atoms with Crippen molar-refractivity contribution in [2.45, 2.75) is 33.2 Å². The first-order chi connectivity index (χ1) is 4.20. The zero-order chi connectivity index (χ0) is 6.85. The summed E-state index contributed by atoms with van der Waals surface area (Å²) in [5.74, 6) is 0.260. The van der Waals surface area contributed by atoms with Crippen LogP contribution in [0.25, 0.3) is 0 Å². The predicted octanol–water partition coefficient (Wildman–Crippen LogP) is -0.0653. The summed E-state index contributed by atoms with van der Waals surface area (Å²) in [5.41, 5.74) is 0. The van der Waals surface area contributed by atoms with Crippen molar-refractivity contribution in [2.75, 3.05) is 6.54 Å². The molecule has 0 aromatic heterocycles. The molecule has 1 saturated heterocycles. The van der Waals surface area contributed by atoms with Gasteiger partial charge in [-0.15, -0.1) is 0 Å². The molecule has 0 spiro atoms. The van der Waals surface area contributed by atoms with Gasteiger partial charge in [-0.25, -0.2) is 0 Å². The maximum atomic E-state index is 10.7. The molecule has 0 aromatic rings. The molecule has 1 unspecified atom stereocenters. The van der Waals surface area contributed by atoms with Crippen molar-refractivity contribution in [1.82, 2.24) is 4.81 Å². The summed E-state index contributed by atoms with van der Waals surface area (Å²) in [7, 11) is 5.48. The standard InChI is InChI=1S/C6H10BNO.CH4.H2O/c1-5-2-3-6(9)4-8(5)7;;/h5H,2-4H2,1H3;1H4;1H2. The van der Waals surface area contributed by atoms with E-state index in [0.29, 0.717) is 19.0 Å². The third kappa shape index (κ3) is 3.53. The number of hydrogen-bond acceptors (Lipinski definition) is 2. The lowest BCUT2D eigenvalue weighted by Gasteiger charge is -2.28. The Balaban J connectivity index is 0. The third-order valence-corrected chi connectivity index (χ3v) is 1.77. The molecule has 1 heterocycles. The molecule has 1 rings (SSSR count). The van der Waals surface area contributed by atoms with Crippen molar-refractivity contribution in [3.63, 3.8) is 0 Å². The molecule has 1 aliphatic rings. The summed E-state index contributed by atoms with van der Waals surface area (Å²) in [6.07, 6.45) is 1.62. The fraction of sp³-hybridized carbons (Fsp3) is 0.857. The maximum absolute atomic E-state index is 10.7. The van der Waals surface area contributed by atoms with Crippen molar-refractivity contribution >= 4 is 13.8 Å². The van der Waals surface area contributed by atoms with Crippen LogP contribution in [0, 0.1) is 0 Å². The van der Waals surface area contributed by atoms with Crippen molar-refractivity contribution in [1.29, 1.82) is 0 Å². The molecule has 0 aliphatic carbocycles. The molecule has 3 nitrogen and oxygen atoms in total. The third-order valence-electron chi connectivity index (χ3n) is 1.77. The van der Waals surface area contributed by atoms with Gasteiger partial charge in [0.2, 0.25) is 0 Å². The molecule has 1 atom stereocenters. The van der Waals surface area contributed by atoms with Crippen LogP contribution in [0.15, 0.2) is 0 Å². The van der Waals surface area contributed by atoms with Gasteiger partial charge in [-0.3, -0.25) is 4.79 Å². The zero-order valence-electron chi connectivity index (χ0n) is 6.13. The van der Waals surface area contributed by atoms with E-state index in [1.54, 1.807) is 4.81 Å². The molecule has 2 N–H and O–H groups in total. The molecule has 0 amide bonds. The smallest absolute Gasteiger partial charge is 0.183 e. The fourth-order valence-electron chi connectivity index (χ4n) is 0.974. The van der Waals surface area contributed by atoms with Gasteiger partial charge in [-0.1, -0.05) is 14.4 Å². The zero-order valence-corrected chi connectivity index (χ0v) is 6.13. The lowest BCUT2D eigenvalue weighted by Crippen LogP contribution is -2.39. The van der Waals surface area contributed by atoms with Crippen LogP contribution in [0.2, 0.25) is 0 Å². The number of nitrogens with zero attached hydrogens (tertiary/aromatic N) is 1. The Morgan fingerprint density at radius 3 is 2.55 bits per heavy atom. The van der Waals surface area contributed by atoms with E-state index >= 15 is 0 Å². The summed E-state index contributed by atoms with van der Waals surface area (Å²) < 4.78 is 0. The number of Topliss-reactive ketones (excluding diaryl/α,β-unsaturated/α-hetero) is 1. The normalized spacial score (nSPS) is 25.2. The van der Waals surface area contributed by atoms with E-state index < -0.39 is 0 Å². The van der Waals surface area contributed by atoms with Gasteiger partial charge in [-0.2, -0.15) is 0 Å². The highest BCUT2D eigenvalue weighted by Crippen LogP contribution is 2.10. The molecule has 0 aromatic carbocycles. The number of hydrogen-bond donors (Lipinski definition) is 0. The topological polar surface area (TPSA) is 51.8 Å². The van der Waals surface area contributed by atoms with Crippen LogP contribution >= 0.6 is 0 Å². The average Bonchev–Trinajstić information content (AvgIpc) is 1.80. The van der Waals surface area contributed by atoms with Gasteiger partial charge in [0, 0.05) is 13.0 Å². The Morgan fingerprint density at radius 1 is 1.64 bits per heavy atom. The second-order valence-electron chi connectivity index (χ2n) is 2.60. The number of rotatable bonds is 0. The average molecular weight is 157 g/mol. The van der Waals surface area contributed by atoms with Gasteiger partial charge in [0.05, 0.1) is 0 Å². The van der Waals surface area contributed by atoms with E-state index in [9.17, 15) is 4.79 Å². The Kier molecular flexibility index (Phi) is 6.42. The molecule has 1 fully saturated rings. The predicted molar refractivity (Wildman–Crippen MR) is 46.5 cm³/mol. The van der Waals surface area contributed by atoms with Crippen LogP contribution in [-0.2, 0) is 4.79 Å². The second-order valence-corrected chi connectivity index (χ2v) is 2.60. The van der Waals surface area contributed by atoms with Gasteiger partial charge in [0.25, 0.3) is 0 Å². The molecule has 11 heavy (non-hydrogen) atoms. The highest BCUT2D eigenvalue weighted by molar-refractivity contribution is 6.06. The van der Waals surface area contributed by atoms with Crippen LogP contribution < -0.4 is 0 Å². The van der Waals surface area contributed by atoms with Gasteiger partial charge >= 0.3 is 0 Å². The van der Waals surface area contributed by atoms with Crippen molar-refractivity contribution in [3.05, 3.63) is 0 Å². The van der Waals surface area contributed by atoms with E-state index in [2.05, 4.69) is 0 Å². The molecule has 4 heteroatoms. The minimum atomic E-state index is 0. The van der Waals surface area contributed by atoms with Crippen LogP contribution in [0.1, 0.15) is 27.2 Å². The molecule has 64 valence electrons. The Labute approximate surface area is 69.5 Å². The lowest BCUT2D eigenvalue weighted by atomic mass is 9.99. The summed E-state index contributed by atoms with van der Waals surface area (Å²) in [4.78, 5) is 12.3. The molecule has 2 radical (unpaired) electrons. The van der Waals surface area contributed by atoms with E-state index in [1.165, 1.54) is 0 Å². The van der Waals surface area contributed by atoms with E-state index in [4.69, 9.17) is 7.98 Å². The van der Waals surface area contributed by atoms with Gasteiger partial charge in [0.15, 0.2) is 7.98 Å². The van der Waals surface area contributed by atoms with Crippen molar-refractivity contribution in [2.24, 2.45) is 0 Å². The Morgan fingerprint density at radius 2 is 2.18 bits per heavy atom.